The van der Waals surface area contributed by atoms with Gasteiger partial charge in [-0.1, -0.05) is 158 Å². The van der Waals surface area contributed by atoms with E-state index in [0.29, 0.717) is 0 Å². The van der Waals surface area contributed by atoms with Crippen molar-refractivity contribution in [1.29, 1.82) is 0 Å². The minimum atomic E-state index is -0.568. The number of hydrogen-bond donors (Lipinski definition) is 0. The van der Waals surface area contributed by atoms with Gasteiger partial charge in [-0.15, -0.1) is 0 Å². The van der Waals surface area contributed by atoms with Crippen LogP contribution in [0.5, 0.6) is 0 Å². The predicted molar refractivity (Wildman–Crippen MR) is 225 cm³/mol. The van der Waals surface area contributed by atoms with Crippen LogP contribution in [0.2, 0.25) is 0 Å². The third kappa shape index (κ3) is 5.18. The SMILES string of the molecule is C=C(/C=C\C/C=C\C)C1(c2ccccc2)c2ccccc2-c2c(N(c3ccccc3)c3ccc4c5ccccc5n(-c5ccccc5)c4c3)cccc21. The van der Waals surface area contributed by atoms with Gasteiger partial charge >= 0.3 is 0 Å². The van der Waals surface area contributed by atoms with Crippen molar-refractivity contribution in [2.24, 2.45) is 0 Å². The zero-order valence-corrected chi connectivity index (χ0v) is 29.9. The second-order valence-corrected chi connectivity index (χ2v) is 13.7. The highest BCUT2D eigenvalue weighted by molar-refractivity contribution is 6.10. The molecular formula is C51H40N2. The van der Waals surface area contributed by atoms with Crippen molar-refractivity contribution in [3.63, 3.8) is 0 Å². The Hall–Kier alpha value is -6.64. The molecule has 53 heavy (non-hydrogen) atoms. The second kappa shape index (κ2) is 13.5. The molecule has 1 unspecified atom stereocenters. The molecule has 254 valence electrons. The molecule has 1 aliphatic carbocycles. The fraction of sp³-hybridized carbons (Fsp3) is 0.0588. The number of anilines is 3. The van der Waals surface area contributed by atoms with E-state index in [1.165, 1.54) is 49.6 Å². The van der Waals surface area contributed by atoms with E-state index in [0.717, 1.165) is 34.7 Å². The zero-order chi connectivity index (χ0) is 35.8. The summed E-state index contributed by atoms with van der Waals surface area (Å²) in [5.41, 5.74) is 13.5. The first-order valence-electron chi connectivity index (χ1n) is 18.4. The number of aromatic nitrogens is 1. The summed E-state index contributed by atoms with van der Waals surface area (Å²) < 4.78 is 2.40. The molecule has 0 bridgehead atoms. The number of rotatable bonds is 9. The van der Waals surface area contributed by atoms with Crippen LogP contribution in [0.15, 0.2) is 212 Å². The van der Waals surface area contributed by atoms with Gasteiger partial charge in [0.2, 0.25) is 0 Å². The fourth-order valence-electron chi connectivity index (χ4n) is 8.53. The van der Waals surface area contributed by atoms with Crippen LogP contribution in [0.25, 0.3) is 38.6 Å². The third-order valence-electron chi connectivity index (χ3n) is 10.7. The molecule has 7 aromatic carbocycles. The van der Waals surface area contributed by atoms with E-state index >= 15 is 0 Å². The third-order valence-corrected chi connectivity index (χ3v) is 10.7. The minimum absolute atomic E-state index is 0.568. The number of para-hydroxylation sites is 3. The Balaban J connectivity index is 1.33. The Bertz CT molecular complexity index is 2660. The van der Waals surface area contributed by atoms with Crippen LogP contribution in [0.3, 0.4) is 0 Å². The number of hydrogen-bond acceptors (Lipinski definition) is 1. The highest BCUT2D eigenvalue weighted by atomic mass is 15.1. The van der Waals surface area contributed by atoms with Crippen molar-refractivity contribution >= 4 is 38.9 Å². The summed E-state index contributed by atoms with van der Waals surface area (Å²) in [6.45, 7) is 6.90. The summed E-state index contributed by atoms with van der Waals surface area (Å²) in [7, 11) is 0. The molecule has 1 atom stereocenters. The van der Waals surface area contributed by atoms with Crippen LogP contribution in [0, 0.1) is 0 Å². The van der Waals surface area contributed by atoms with Crippen molar-refractivity contribution in [3.05, 3.63) is 229 Å². The van der Waals surface area contributed by atoms with Gasteiger partial charge in [-0.25, -0.2) is 0 Å². The summed E-state index contributed by atoms with van der Waals surface area (Å²) in [5.74, 6) is 0. The molecule has 1 heterocycles. The van der Waals surface area contributed by atoms with Crippen LogP contribution < -0.4 is 4.90 Å². The number of nitrogens with zero attached hydrogens (tertiary/aromatic N) is 2. The largest absolute Gasteiger partial charge is 0.310 e. The van der Waals surface area contributed by atoms with Gasteiger partial charge in [0, 0.05) is 33.4 Å². The molecule has 8 aromatic rings. The highest BCUT2D eigenvalue weighted by Gasteiger charge is 2.47. The quantitative estimate of drug-likeness (QED) is 0.109. The number of allylic oxidation sites excluding steroid dienone is 5. The van der Waals surface area contributed by atoms with Crippen LogP contribution in [0.1, 0.15) is 30.0 Å². The number of benzene rings is 7. The highest BCUT2D eigenvalue weighted by Crippen LogP contribution is 2.59. The molecule has 0 saturated heterocycles. The Morgan fingerprint density at radius 1 is 0.604 bits per heavy atom. The van der Waals surface area contributed by atoms with E-state index in [9.17, 15) is 0 Å². The summed E-state index contributed by atoms with van der Waals surface area (Å²) >= 11 is 0. The van der Waals surface area contributed by atoms with Gasteiger partial charge in [0.05, 0.1) is 22.1 Å². The molecule has 0 aliphatic heterocycles. The maximum Gasteiger partial charge on any atom is 0.0708 e. The zero-order valence-electron chi connectivity index (χ0n) is 29.9. The van der Waals surface area contributed by atoms with Gasteiger partial charge in [0.1, 0.15) is 0 Å². The Morgan fingerprint density at radius 3 is 2.06 bits per heavy atom. The lowest BCUT2D eigenvalue weighted by molar-refractivity contribution is 0.769. The van der Waals surface area contributed by atoms with Crippen LogP contribution in [0.4, 0.5) is 17.1 Å². The Morgan fingerprint density at radius 2 is 1.26 bits per heavy atom. The first-order chi connectivity index (χ1) is 26.2. The van der Waals surface area contributed by atoms with E-state index < -0.39 is 5.41 Å². The van der Waals surface area contributed by atoms with E-state index in [-0.39, 0.29) is 0 Å². The fourth-order valence-corrected chi connectivity index (χ4v) is 8.53. The molecule has 0 amide bonds. The first kappa shape index (κ1) is 32.3. The summed E-state index contributed by atoms with van der Waals surface area (Å²) in [6, 6.07) is 63.8. The monoisotopic (exact) mass is 680 g/mol. The van der Waals surface area contributed by atoms with Crippen LogP contribution >= 0.6 is 0 Å². The van der Waals surface area contributed by atoms with E-state index in [1.807, 2.05) is 0 Å². The van der Waals surface area contributed by atoms with Crippen molar-refractivity contribution in [1.82, 2.24) is 4.57 Å². The topological polar surface area (TPSA) is 8.17 Å². The molecule has 2 heteroatoms. The molecule has 9 rings (SSSR count). The summed E-state index contributed by atoms with van der Waals surface area (Å²) in [6.07, 6.45) is 9.60. The lowest BCUT2D eigenvalue weighted by Crippen LogP contribution is -2.28. The average molecular weight is 681 g/mol. The molecular weight excluding hydrogens is 641 g/mol. The van der Waals surface area contributed by atoms with E-state index in [2.05, 4.69) is 217 Å². The normalized spacial score (nSPS) is 15.0. The van der Waals surface area contributed by atoms with Crippen molar-refractivity contribution in [2.45, 2.75) is 18.8 Å². The molecule has 0 saturated carbocycles. The van der Waals surface area contributed by atoms with Gasteiger partial charge in [-0.3, -0.25) is 0 Å². The Labute approximate surface area is 311 Å². The van der Waals surface area contributed by atoms with Crippen molar-refractivity contribution in [2.75, 3.05) is 4.90 Å². The van der Waals surface area contributed by atoms with Gasteiger partial charge in [0.25, 0.3) is 0 Å². The number of fused-ring (bicyclic) bond motifs is 6. The molecule has 0 N–H and O–H groups in total. The lowest BCUT2D eigenvalue weighted by atomic mass is 9.67. The maximum absolute atomic E-state index is 4.84. The standard InChI is InChI=1S/C51H40N2/c1-3-4-5-9-21-37(2)51(38-22-10-6-11-23-38)45-30-18-16-29-44(45)50-46(51)31-20-33-48(50)52(39-24-12-7-13-25-39)41-34-35-43-42-28-17-19-32-47(42)53(49(43)36-41)40-26-14-8-15-27-40/h3-4,6-36H,2,5H2,1H3/b4-3-,21-9-. The molecule has 1 aromatic heterocycles. The molecule has 0 fully saturated rings. The molecule has 0 radical (unpaired) electrons. The van der Waals surface area contributed by atoms with E-state index in [4.69, 9.17) is 6.58 Å². The smallest absolute Gasteiger partial charge is 0.0708 e. The van der Waals surface area contributed by atoms with Gasteiger partial charge in [-0.2, -0.15) is 0 Å². The second-order valence-electron chi connectivity index (χ2n) is 13.7. The molecule has 0 spiro atoms. The maximum atomic E-state index is 4.84. The lowest BCUT2D eigenvalue weighted by Gasteiger charge is -2.34. The van der Waals surface area contributed by atoms with Gasteiger partial charge < -0.3 is 9.47 Å². The van der Waals surface area contributed by atoms with Crippen LogP contribution in [-0.4, -0.2) is 4.57 Å². The average Bonchev–Trinajstić information content (AvgIpc) is 3.72. The van der Waals surface area contributed by atoms with Crippen molar-refractivity contribution in [3.8, 4) is 16.8 Å². The first-order valence-corrected chi connectivity index (χ1v) is 18.4. The van der Waals surface area contributed by atoms with Crippen LogP contribution in [-0.2, 0) is 5.41 Å². The Kier molecular flexibility index (Phi) is 8.21. The van der Waals surface area contributed by atoms with E-state index in [1.54, 1.807) is 0 Å². The molecule has 2 nitrogen and oxygen atoms in total. The predicted octanol–water partition coefficient (Wildman–Crippen LogP) is 13.6. The van der Waals surface area contributed by atoms with Crippen molar-refractivity contribution < 1.29 is 0 Å². The summed E-state index contributed by atoms with van der Waals surface area (Å²) in [5, 5.41) is 2.47. The van der Waals surface area contributed by atoms with Gasteiger partial charge in [-0.05, 0) is 89.7 Å². The summed E-state index contributed by atoms with van der Waals surface area (Å²) in [4.78, 5) is 2.44. The van der Waals surface area contributed by atoms with Gasteiger partial charge in [0.15, 0.2) is 0 Å². The minimum Gasteiger partial charge on any atom is -0.310 e. The molecule has 1 aliphatic rings.